The first kappa shape index (κ1) is 19.2. The SMILES string of the molecule is COc1cc(/C=C2\C(=O)Nc3ccccc32)ccc1OCc1ccc([N+](=O)[O-])cc1. The zero-order valence-electron chi connectivity index (χ0n) is 16.1. The van der Waals surface area contributed by atoms with Crippen molar-refractivity contribution >= 4 is 28.9 Å². The first-order valence-electron chi connectivity index (χ1n) is 9.22. The number of carbonyl (C=O) groups excluding carboxylic acids is 1. The topological polar surface area (TPSA) is 90.7 Å². The highest BCUT2D eigenvalue weighted by Crippen LogP contribution is 2.35. The van der Waals surface area contributed by atoms with Gasteiger partial charge in [-0.1, -0.05) is 24.3 Å². The second kappa shape index (κ2) is 8.08. The molecule has 4 rings (SSSR count). The van der Waals surface area contributed by atoms with Gasteiger partial charge in [-0.05, 0) is 47.5 Å². The maximum absolute atomic E-state index is 12.3. The number of nitrogens with zero attached hydrogens (tertiary/aromatic N) is 1. The minimum absolute atomic E-state index is 0.0336. The van der Waals surface area contributed by atoms with Crippen molar-refractivity contribution in [2.24, 2.45) is 0 Å². The Kier molecular flexibility index (Phi) is 5.17. The minimum atomic E-state index is -0.441. The third-order valence-corrected chi connectivity index (χ3v) is 4.75. The summed E-state index contributed by atoms with van der Waals surface area (Å²) in [7, 11) is 1.54. The number of anilines is 1. The van der Waals surface area contributed by atoms with Gasteiger partial charge in [0.2, 0.25) is 0 Å². The van der Waals surface area contributed by atoms with Gasteiger partial charge in [-0.25, -0.2) is 0 Å². The molecule has 7 nitrogen and oxygen atoms in total. The maximum atomic E-state index is 12.3. The van der Waals surface area contributed by atoms with Crippen LogP contribution < -0.4 is 14.8 Å². The number of carbonyl (C=O) groups is 1. The molecular formula is C23H18N2O5. The molecule has 0 saturated heterocycles. The summed E-state index contributed by atoms with van der Waals surface area (Å²) in [6.45, 7) is 0.241. The molecule has 30 heavy (non-hydrogen) atoms. The summed E-state index contributed by atoms with van der Waals surface area (Å²) in [6, 6.07) is 19.1. The molecule has 0 fully saturated rings. The summed E-state index contributed by atoms with van der Waals surface area (Å²) in [4.78, 5) is 22.6. The van der Waals surface area contributed by atoms with Crippen LogP contribution in [-0.4, -0.2) is 17.9 Å². The van der Waals surface area contributed by atoms with E-state index in [9.17, 15) is 14.9 Å². The van der Waals surface area contributed by atoms with Crippen LogP contribution in [0.25, 0.3) is 11.6 Å². The number of methoxy groups -OCH3 is 1. The number of nitrogens with one attached hydrogen (secondary N) is 1. The average Bonchev–Trinajstić information content (AvgIpc) is 3.08. The van der Waals surface area contributed by atoms with Crippen molar-refractivity contribution in [2.45, 2.75) is 6.61 Å². The number of benzene rings is 3. The van der Waals surface area contributed by atoms with Gasteiger partial charge in [0, 0.05) is 29.0 Å². The molecule has 0 bridgehead atoms. The quantitative estimate of drug-likeness (QED) is 0.367. The molecule has 1 N–H and O–H groups in total. The van der Waals surface area contributed by atoms with Crippen LogP contribution in [-0.2, 0) is 11.4 Å². The third-order valence-electron chi connectivity index (χ3n) is 4.75. The number of hydrogen-bond donors (Lipinski definition) is 1. The molecule has 1 heterocycles. The normalized spacial score (nSPS) is 13.6. The van der Waals surface area contributed by atoms with Crippen molar-refractivity contribution in [1.82, 2.24) is 0 Å². The van der Waals surface area contributed by atoms with Gasteiger partial charge >= 0.3 is 0 Å². The Balaban J connectivity index is 1.53. The fourth-order valence-electron chi connectivity index (χ4n) is 3.22. The predicted molar refractivity (Wildman–Crippen MR) is 113 cm³/mol. The van der Waals surface area contributed by atoms with Gasteiger partial charge in [0.25, 0.3) is 11.6 Å². The maximum Gasteiger partial charge on any atom is 0.269 e. The molecule has 150 valence electrons. The van der Waals surface area contributed by atoms with Crippen LogP contribution in [0.1, 0.15) is 16.7 Å². The smallest absolute Gasteiger partial charge is 0.269 e. The number of ether oxygens (including phenoxy) is 2. The second-order valence-electron chi connectivity index (χ2n) is 6.68. The number of hydrogen-bond acceptors (Lipinski definition) is 5. The number of para-hydroxylation sites is 1. The van der Waals surface area contributed by atoms with Crippen LogP contribution in [0.15, 0.2) is 66.7 Å². The molecule has 1 aliphatic rings. The predicted octanol–water partition coefficient (Wildman–Crippen LogP) is 4.68. The Hall–Kier alpha value is -4.13. The molecule has 0 saturated carbocycles. The Morgan fingerprint density at radius 3 is 2.53 bits per heavy atom. The van der Waals surface area contributed by atoms with Crippen molar-refractivity contribution in [3.63, 3.8) is 0 Å². The number of nitro benzene ring substituents is 1. The number of amides is 1. The van der Waals surface area contributed by atoms with Gasteiger partial charge in [-0.15, -0.1) is 0 Å². The molecule has 0 radical (unpaired) electrons. The summed E-state index contributed by atoms with van der Waals surface area (Å²) >= 11 is 0. The largest absolute Gasteiger partial charge is 0.493 e. The van der Waals surface area contributed by atoms with Crippen LogP contribution in [0.3, 0.4) is 0 Å². The van der Waals surface area contributed by atoms with E-state index in [0.717, 1.165) is 22.4 Å². The molecule has 0 spiro atoms. The zero-order valence-corrected chi connectivity index (χ0v) is 16.1. The van der Waals surface area contributed by atoms with Crippen LogP contribution >= 0.6 is 0 Å². The molecule has 7 heteroatoms. The summed E-state index contributed by atoms with van der Waals surface area (Å²) in [5, 5.41) is 13.6. The van der Waals surface area contributed by atoms with Crippen LogP contribution in [0.5, 0.6) is 11.5 Å². The van der Waals surface area contributed by atoms with E-state index in [1.807, 2.05) is 36.4 Å². The van der Waals surface area contributed by atoms with E-state index < -0.39 is 4.92 Å². The third kappa shape index (κ3) is 3.86. The van der Waals surface area contributed by atoms with Crippen LogP contribution in [0, 0.1) is 10.1 Å². The summed E-state index contributed by atoms with van der Waals surface area (Å²) < 4.78 is 11.3. The molecule has 3 aromatic carbocycles. The van der Waals surface area contributed by atoms with Crippen molar-refractivity contribution in [3.05, 3.63) is 93.5 Å². The Morgan fingerprint density at radius 2 is 1.80 bits per heavy atom. The lowest BCUT2D eigenvalue weighted by molar-refractivity contribution is -0.384. The molecule has 3 aromatic rings. The highest BCUT2D eigenvalue weighted by Gasteiger charge is 2.23. The van der Waals surface area contributed by atoms with Gasteiger partial charge in [-0.3, -0.25) is 14.9 Å². The van der Waals surface area contributed by atoms with Gasteiger partial charge in [0.05, 0.1) is 12.0 Å². The summed E-state index contributed by atoms with van der Waals surface area (Å²) in [6.07, 6.45) is 1.81. The van der Waals surface area contributed by atoms with Crippen molar-refractivity contribution in [2.75, 3.05) is 12.4 Å². The van der Waals surface area contributed by atoms with Crippen molar-refractivity contribution < 1.29 is 19.2 Å². The lowest BCUT2D eigenvalue weighted by Gasteiger charge is -2.11. The highest BCUT2D eigenvalue weighted by atomic mass is 16.6. The van der Waals surface area contributed by atoms with Gasteiger partial charge in [0.15, 0.2) is 11.5 Å². The van der Waals surface area contributed by atoms with Crippen molar-refractivity contribution in [1.29, 1.82) is 0 Å². The first-order valence-corrected chi connectivity index (χ1v) is 9.22. The van der Waals surface area contributed by atoms with E-state index in [0.29, 0.717) is 17.1 Å². The molecule has 0 aromatic heterocycles. The number of rotatable bonds is 6. The monoisotopic (exact) mass is 402 g/mol. The van der Waals surface area contributed by atoms with E-state index in [1.54, 1.807) is 31.4 Å². The molecule has 0 unspecified atom stereocenters. The standard InChI is InChI=1S/C23H18N2O5/c1-29-22-13-16(12-19-18-4-2-3-5-20(18)24-23(19)26)8-11-21(22)30-14-15-6-9-17(10-7-15)25(27)28/h2-13H,14H2,1H3,(H,24,26)/b19-12-. The Morgan fingerprint density at radius 1 is 1.03 bits per heavy atom. The van der Waals surface area contributed by atoms with E-state index in [4.69, 9.17) is 9.47 Å². The van der Waals surface area contributed by atoms with E-state index >= 15 is 0 Å². The molecule has 0 aliphatic carbocycles. The van der Waals surface area contributed by atoms with Gasteiger partial charge in [0.1, 0.15) is 6.61 Å². The number of fused-ring (bicyclic) bond motifs is 1. The van der Waals surface area contributed by atoms with E-state index in [-0.39, 0.29) is 18.2 Å². The second-order valence-corrected chi connectivity index (χ2v) is 6.68. The first-order chi connectivity index (χ1) is 14.5. The highest BCUT2D eigenvalue weighted by molar-refractivity contribution is 6.34. The molecule has 1 amide bonds. The number of nitro groups is 1. The fraction of sp³-hybridized carbons (Fsp3) is 0.0870. The fourth-order valence-corrected chi connectivity index (χ4v) is 3.22. The summed E-state index contributed by atoms with van der Waals surface area (Å²) in [5.41, 5.74) is 3.88. The van der Waals surface area contributed by atoms with E-state index in [2.05, 4.69) is 5.32 Å². The average molecular weight is 402 g/mol. The lowest BCUT2D eigenvalue weighted by Crippen LogP contribution is -2.03. The lowest BCUT2D eigenvalue weighted by atomic mass is 10.0. The Bertz CT molecular complexity index is 1150. The zero-order chi connectivity index (χ0) is 21.1. The minimum Gasteiger partial charge on any atom is -0.493 e. The number of non-ortho nitro benzene ring substituents is 1. The van der Waals surface area contributed by atoms with Gasteiger partial charge < -0.3 is 14.8 Å². The van der Waals surface area contributed by atoms with Crippen LogP contribution in [0.2, 0.25) is 0 Å². The van der Waals surface area contributed by atoms with Gasteiger partial charge in [-0.2, -0.15) is 0 Å². The van der Waals surface area contributed by atoms with Crippen molar-refractivity contribution in [3.8, 4) is 11.5 Å². The molecule has 0 atom stereocenters. The molecule has 1 aliphatic heterocycles. The van der Waals surface area contributed by atoms with E-state index in [1.165, 1.54) is 12.1 Å². The van der Waals surface area contributed by atoms with Crippen LogP contribution in [0.4, 0.5) is 11.4 Å². The Labute approximate surface area is 172 Å². The summed E-state index contributed by atoms with van der Waals surface area (Å²) in [5.74, 6) is 0.917. The molecular weight excluding hydrogens is 384 g/mol.